The molecule has 1 saturated heterocycles. The standard InChI is InChI=1S/C14H22N2O3/c1-16(7-2-4-13-5-3-8-19-13)14(17)15-10-12-6-9-18-11-12/h6,9,11,13H,2-5,7-8,10H2,1H3,(H,15,17). The zero-order valence-electron chi connectivity index (χ0n) is 11.4. The van der Waals surface area contributed by atoms with Crippen LogP contribution < -0.4 is 5.32 Å². The molecule has 0 spiro atoms. The van der Waals surface area contributed by atoms with Crippen molar-refractivity contribution < 1.29 is 13.9 Å². The predicted molar refractivity (Wildman–Crippen MR) is 71.8 cm³/mol. The second-order valence-corrected chi connectivity index (χ2v) is 4.99. The van der Waals surface area contributed by atoms with Gasteiger partial charge in [0.25, 0.3) is 0 Å². The molecule has 1 unspecified atom stereocenters. The number of amides is 2. The topological polar surface area (TPSA) is 54.7 Å². The Kier molecular flexibility index (Phi) is 5.27. The van der Waals surface area contributed by atoms with Gasteiger partial charge < -0.3 is 19.4 Å². The molecule has 19 heavy (non-hydrogen) atoms. The molecule has 1 aromatic rings. The molecule has 2 amide bonds. The van der Waals surface area contributed by atoms with E-state index in [1.54, 1.807) is 17.4 Å². The summed E-state index contributed by atoms with van der Waals surface area (Å²) in [6, 6.07) is 1.80. The Morgan fingerprint density at radius 1 is 1.58 bits per heavy atom. The van der Waals surface area contributed by atoms with Crippen molar-refractivity contribution in [2.75, 3.05) is 20.2 Å². The summed E-state index contributed by atoms with van der Waals surface area (Å²) < 4.78 is 10.5. The highest BCUT2D eigenvalue weighted by Crippen LogP contribution is 2.16. The lowest BCUT2D eigenvalue weighted by Gasteiger charge is -2.18. The van der Waals surface area contributed by atoms with Gasteiger partial charge in [0.15, 0.2) is 0 Å². The summed E-state index contributed by atoms with van der Waals surface area (Å²) in [6.07, 6.45) is 8.01. The van der Waals surface area contributed by atoms with Crippen LogP contribution in [0, 0.1) is 0 Å². The second-order valence-electron chi connectivity index (χ2n) is 4.99. The third-order valence-electron chi connectivity index (χ3n) is 3.41. The van der Waals surface area contributed by atoms with Crippen LogP contribution in [0.15, 0.2) is 23.0 Å². The maximum Gasteiger partial charge on any atom is 0.317 e. The number of ether oxygens (including phenoxy) is 1. The maximum atomic E-state index is 11.8. The van der Waals surface area contributed by atoms with Crippen LogP contribution in [0.4, 0.5) is 4.79 Å². The zero-order chi connectivity index (χ0) is 13.5. The van der Waals surface area contributed by atoms with Gasteiger partial charge >= 0.3 is 6.03 Å². The summed E-state index contributed by atoms with van der Waals surface area (Å²) in [5.74, 6) is 0. The molecule has 2 heterocycles. The van der Waals surface area contributed by atoms with Crippen LogP contribution in [0.1, 0.15) is 31.2 Å². The van der Waals surface area contributed by atoms with Crippen molar-refractivity contribution in [3.05, 3.63) is 24.2 Å². The highest BCUT2D eigenvalue weighted by Gasteiger charge is 2.15. The van der Waals surface area contributed by atoms with E-state index in [1.165, 1.54) is 6.42 Å². The third kappa shape index (κ3) is 4.59. The van der Waals surface area contributed by atoms with Gasteiger partial charge in [0, 0.05) is 32.3 Å². The summed E-state index contributed by atoms with van der Waals surface area (Å²) in [7, 11) is 1.82. The van der Waals surface area contributed by atoms with Gasteiger partial charge in [0.1, 0.15) is 0 Å². The Balaban J connectivity index is 1.59. The third-order valence-corrected chi connectivity index (χ3v) is 3.41. The monoisotopic (exact) mass is 266 g/mol. The van der Waals surface area contributed by atoms with Gasteiger partial charge in [0.05, 0.1) is 18.6 Å². The summed E-state index contributed by atoms with van der Waals surface area (Å²) >= 11 is 0. The summed E-state index contributed by atoms with van der Waals surface area (Å²) in [6.45, 7) is 2.16. The molecular weight excluding hydrogens is 244 g/mol. The number of hydrogen-bond acceptors (Lipinski definition) is 3. The van der Waals surface area contributed by atoms with Crippen LogP contribution in [0.5, 0.6) is 0 Å². The Labute approximate surface area is 113 Å². The van der Waals surface area contributed by atoms with Crippen molar-refractivity contribution in [2.24, 2.45) is 0 Å². The van der Waals surface area contributed by atoms with E-state index in [1.807, 2.05) is 13.1 Å². The number of furan rings is 1. The van der Waals surface area contributed by atoms with E-state index in [0.29, 0.717) is 12.6 Å². The lowest BCUT2D eigenvalue weighted by molar-refractivity contribution is 0.100. The number of rotatable bonds is 6. The number of carbonyl (C=O) groups excluding carboxylic acids is 1. The van der Waals surface area contributed by atoms with Crippen LogP contribution in [-0.2, 0) is 11.3 Å². The lowest BCUT2D eigenvalue weighted by Crippen LogP contribution is -2.37. The molecule has 1 atom stereocenters. The average Bonchev–Trinajstić information content (AvgIpc) is 3.08. The van der Waals surface area contributed by atoms with E-state index in [2.05, 4.69) is 5.32 Å². The first-order chi connectivity index (χ1) is 9.25. The van der Waals surface area contributed by atoms with Crippen LogP contribution in [-0.4, -0.2) is 37.2 Å². The first-order valence-corrected chi connectivity index (χ1v) is 6.87. The van der Waals surface area contributed by atoms with Gasteiger partial charge in [-0.05, 0) is 31.7 Å². The Bertz CT molecular complexity index is 372. The van der Waals surface area contributed by atoms with Gasteiger partial charge in [0.2, 0.25) is 0 Å². The Morgan fingerprint density at radius 2 is 2.47 bits per heavy atom. The summed E-state index contributed by atoms with van der Waals surface area (Å²) in [5, 5.41) is 2.86. The van der Waals surface area contributed by atoms with Gasteiger partial charge in [-0.15, -0.1) is 0 Å². The second kappa shape index (κ2) is 7.19. The van der Waals surface area contributed by atoms with Crippen LogP contribution in [0.25, 0.3) is 0 Å². The van der Waals surface area contributed by atoms with Gasteiger partial charge in [-0.2, -0.15) is 0 Å². The Hall–Kier alpha value is -1.49. The van der Waals surface area contributed by atoms with E-state index in [-0.39, 0.29) is 6.03 Å². The largest absolute Gasteiger partial charge is 0.472 e. The molecule has 1 aliphatic heterocycles. The zero-order valence-corrected chi connectivity index (χ0v) is 11.4. The molecule has 0 aromatic carbocycles. The summed E-state index contributed by atoms with van der Waals surface area (Å²) in [5.41, 5.74) is 0.973. The van der Waals surface area contributed by atoms with E-state index < -0.39 is 0 Å². The van der Waals surface area contributed by atoms with E-state index >= 15 is 0 Å². The van der Waals surface area contributed by atoms with Crippen LogP contribution >= 0.6 is 0 Å². The van der Waals surface area contributed by atoms with Gasteiger partial charge in [-0.25, -0.2) is 4.79 Å². The molecule has 5 heteroatoms. The number of hydrogen-bond donors (Lipinski definition) is 1. The van der Waals surface area contributed by atoms with E-state index in [9.17, 15) is 4.79 Å². The number of nitrogens with zero attached hydrogens (tertiary/aromatic N) is 1. The van der Waals surface area contributed by atoms with Crippen molar-refractivity contribution in [1.82, 2.24) is 10.2 Å². The molecule has 0 aliphatic carbocycles. The van der Waals surface area contributed by atoms with Crippen molar-refractivity contribution in [3.8, 4) is 0 Å². The lowest BCUT2D eigenvalue weighted by atomic mass is 10.1. The highest BCUT2D eigenvalue weighted by molar-refractivity contribution is 5.73. The molecule has 0 bridgehead atoms. The molecule has 106 valence electrons. The minimum absolute atomic E-state index is 0.0476. The number of urea groups is 1. The minimum atomic E-state index is -0.0476. The molecule has 0 radical (unpaired) electrons. The average molecular weight is 266 g/mol. The fourth-order valence-electron chi connectivity index (χ4n) is 2.24. The van der Waals surface area contributed by atoms with E-state index in [4.69, 9.17) is 9.15 Å². The normalized spacial score (nSPS) is 18.5. The quantitative estimate of drug-likeness (QED) is 0.860. The fraction of sp³-hybridized carbons (Fsp3) is 0.643. The van der Waals surface area contributed by atoms with Gasteiger partial charge in [-0.3, -0.25) is 0 Å². The van der Waals surface area contributed by atoms with Crippen molar-refractivity contribution in [3.63, 3.8) is 0 Å². The molecule has 0 saturated carbocycles. The van der Waals surface area contributed by atoms with Crippen LogP contribution in [0.3, 0.4) is 0 Å². The number of carbonyl (C=O) groups is 1. The molecular formula is C14H22N2O3. The molecule has 1 fully saturated rings. The summed E-state index contributed by atoms with van der Waals surface area (Å²) in [4.78, 5) is 13.5. The first-order valence-electron chi connectivity index (χ1n) is 6.87. The minimum Gasteiger partial charge on any atom is -0.472 e. The Morgan fingerprint density at radius 3 is 3.16 bits per heavy atom. The van der Waals surface area contributed by atoms with Crippen molar-refractivity contribution in [1.29, 1.82) is 0 Å². The molecule has 1 N–H and O–H groups in total. The molecule has 5 nitrogen and oxygen atoms in total. The smallest absolute Gasteiger partial charge is 0.317 e. The van der Waals surface area contributed by atoms with E-state index in [0.717, 1.165) is 38.0 Å². The first kappa shape index (κ1) is 13.9. The molecule has 1 aromatic heterocycles. The van der Waals surface area contributed by atoms with Gasteiger partial charge in [-0.1, -0.05) is 0 Å². The molecule has 2 rings (SSSR count). The highest BCUT2D eigenvalue weighted by atomic mass is 16.5. The van der Waals surface area contributed by atoms with Crippen LogP contribution in [0.2, 0.25) is 0 Å². The van der Waals surface area contributed by atoms with Crippen molar-refractivity contribution in [2.45, 2.75) is 38.3 Å². The molecule has 1 aliphatic rings. The number of nitrogens with one attached hydrogen (secondary N) is 1. The van der Waals surface area contributed by atoms with Crippen molar-refractivity contribution >= 4 is 6.03 Å². The fourth-order valence-corrected chi connectivity index (χ4v) is 2.24. The maximum absolute atomic E-state index is 11.8. The SMILES string of the molecule is CN(CCCC1CCCO1)C(=O)NCc1ccoc1. The predicted octanol–water partition coefficient (Wildman–Crippen LogP) is 2.38.